The van der Waals surface area contributed by atoms with Crippen molar-refractivity contribution < 1.29 is 19.0 Å². The van der Waals surface area contributed by atoms with Crippen molar-refractivity contribution in [1.29, 1.82) is 0 Å². The molecule has 2 fully saturated rings. The predicted molar refractivity (Wildman–Crippen MR) is 92.8 cm³/mol. The standard InChI is InChI=1S/C19H26N2O4/c1-20-9-15(10-23-2)19(11-20)5-6-21(12-19)18(22)8-14-3-4-16-17(7-14)25-13-24-16/h3-4,7,15H,5-6,8-13H2,1-2H3/t15-,19+/m0/s1. The van der Waals surface area contributed by atoms with E-state index < -0.39 is 0 Å². The minimum absolute atomic E-state index is 0.190. The summed E-state index contributed by atoms with van der Waals surface area (Å²) in [6.07, 6.45) is 1.48. The van der Waals surface area contributed by atoms with Crippen molar-refractivity contribution in [2.75, 3.05) is 53.7 Å². The Labute approximate surface area is 148 Å². The van der Waals surface area contributed by atoms with E-state index in [2.05, 4.69) is 11.9 Å². The molecule has 0 aromatic heterocycles. The number of carbonyl (C=O) groups is 1. The Balaban J connectivity index is 1.42. The quantitative estimate of drug-likeness (QED) is 0.825. The number of hydrogen-bond acceptors (Lipinski definition) is 5. The van der Waals surface area contributed by atoms with Crippen LogP contribution in [0.25, 0.3) is 0 Å². The Hall–Kier alpha value is -1.79. The molecule has 1 amide bonds. The van der Waals surface area contributed by atoms with Gasteiger partial charge in [0.15, 0.2) is 11.5 Å². The van der Waals surface area contributed by atoms with Gasteiger partial charge in [-0.05, 0) is 31.2 Å². The fourth-order valence-electron chi connectivity index (χ4n) is 4.64. The van der Waals surface area contributed by atoms with Crippen molar-refractivity contribution in [3.8, 4) is 11.5 Å². The van der Waals surface area contributed by atoms with Gasteiger partial charge in [0.25, 0.3) is 0 Å². The second kappa shape index (κ2) is 6.50. The third-order valence-electron chi connectivity index (χ3n) is 5.88. The number of nitrogens with zero attached hydrogens (tertiary/aromatic N) is 2. The number of ether oxygens (including phenoxy) is 3. The summed E-state index contributed by atoms with van der Waals surface area (Å²) in [6.45, 7) is 4.82. The van der Waals surface area contributed by atoms with E-state index in [4.69, 9.17) is 14.2 Å². The molecule has 136 valence electrons. The van der Waals surface area contributed by atoms with Gasteiger partial charge in [-0.25, -0.2) is 0 Å². The Morgan fingerprint density at radius 1 is 1.32 bits per heavy atom. The number of carbonyl (C=O) groups excluding carboxylic acids is 1. The van der Waals surface area contributed by atoms with E-state index in [0.29, 0.717) is 12.3 Å². The van der Waals surface area contributed by atoms with Gasteiger partial charge in [-0.3, -0.25) is 4.79 Å². The van der Waals surface area contributed by atoms with Gasteiger partial charge in [0.05, 0.1) is 13.0 Å². The molecule has 3 aliphatic rings. The third kappa shape index (κ3) is 3.09. The van der Waals surface area contributed by atoms with Crippen LogP contribution in [0, 0.1) is 11.3 Å². The van der Waals surface area contributed by atoms with Gasteiger partial charge in [0, 0.05) is 44.6 Å². The maximum Gasteiger partial charge on any atom is 0.231 e. The first-order chi connectivity index (χ1) is 12.1. The lowest BCUT2D eigenvalue weighted by atomic mass is 9.77. The lowest BCUT2D eigenvalue weighted by Crippen LogP contribution is -2.38. The number of benzene rings is 1. The van der Waals surface area contributed by atoms with Crippen LogP contribution < -0.4 is 9.47 Å². The smallest absolute Gasteiger partial charge is 0.231 e. The van der Waals surface area contributed by atoms with Crippen molar-refractivity contribution in [2.45, 2.75) is 12.8 Å². The average Bonchev–Trinajstić information content (AvgIpc) is 3.28. The molecule has 0 saturated carbocycles. The molecule has 1 aromatic carbocycles. The Morgan fingerprint density at radius 2 is 2.16 bits per heavy atom. The largest absolute Gasteiger partial charge is 0.454 e. The number of methoxy groups -OCH3 is 1. The van der Waals surface area contributed by atoms with Crippen LogP contribution in [0.4, 0.5) is 0 Å². The molecule has 6 nitrogen and oxygen atoms in total. The molecule has 0 bridgehead atoms. The average molecular weight is 346 g/mol. The molecule has 6 heteroatoms. The van der Waals surface area contributed by atoms with E-state index in [1.165, 1.54) is 0 Å². The first-order valence-corrected chi connectivity index (χ1v) is 8.93. The van der Waals surface area contributed by atoms with Gasteiger partial charge < -0.3 is 24.0 Å². The number of amides is 1. The van der Waals surface area contributed by atoms with Crippen molar-refractivity contribution in [3.05, 3.63) is 23.8 Å². The molecule has 3 aliphatic heterocycles. The Kier molecular flexibility index (Phi) is 4.33. The molecule has 0 radical (unpaired) electrons. The summed E-state index contributed by atoms with van der Waals surface area (Å²) in [7, 11) is 3.93. The zero-order valence-electron chi connectivity index (χ0n) is 15.0. The minimum atomic E-state index is 0.190. The highest BCUT2D eigenvalue weighted by molar-refractivity contribution is 5.79. The number of rotatable bonds is 4. The SMILES string of the molecule is COC[C@@H]1CN(C)C[C@@]12CCN(C(=O)Cc1ccc3c(c1)OCO3)C2. The first-order valence-electron chi connectivity index (χ1n) is 8.93. The zero-order valence-corrected chi connectivity index (χ0v) is 15.0. The molecule has 3 heterocycles. The van der Waals surface area contributed by atoms with E-state index in [9.17, 15) is 4.79 Å². The molecule has 2 atom stereocenters. The van der Waals surface area contributed by atoms with E-state index >= 15 is 0 Å². The highest BCUT2D eigenvalue weighted by Gasteiger charge is 2.50. The highest BCUT2D eigenvalue weighted by atomic mass is 16.7. The maximum absolute atomic E-state index is 12.8. The third-order valence-corrected chi connectivity index (χ3v) is 5.88. The van der Waals surface area contributed by atoms with Gasteiger partial charge in [0.1, 0.15) is 0 Å². The van der Waals surface area contributed by atoms with Crippen LogP contribution in [0.2, 0.25) is 0 Å². The summed E-state index contributed by atoms with van der Waals surface area (Å²) < 4.78 is 16.2. The summed E-state index contributed by atoms with van der Waals surface area (Å²) in [6, 6.07) is 5.76. The van der Waals surface area contributed by atoms with Gasteiger partial charge in [0.2, 0.25) is 12.7 Å². The van der Waals surface area contributed by atoms with Gasteiger partial charge >= 0.3 is 0 Å². The maximum atomic E-state index is 12.8. The zero-order chi connectivity index (χ0) is 17.4. The van der Waals surface area contributed by atoms with Crippen molar-refractivity contribution in [1.82, 2.24) is 9.80 Å². The Morgan fingerprint density at radius 3 is 3.00 bits per heavy atom. The molecule has 4 rings (SSSR count). The van der Waals surface area contributed by atoms with Crippen LogP contribution in [0.15, 0.2) is 18.2 Å². The lowest BCUT2D eigenvalue weighted by molar-refractivity contribution is -0.130. The first kappa shape index (κ1) is 16.7. The molecule has 0 unspecified atom stereocenters. The number of fused-ring (bicyclic) bond motifs is 1. The highest BCUT2D eigenvalue weighted by Crippen LogP contribution is 2.43. The van der Waals surface area contributed by atoms with Gasteiger partial charge in [-0.15, -0.1) is 0 Å². The normalized spacial score (nSPS) is 28.2. The summed E-state index contributed by atoms with van der Waals surface area (Å²) in [5, 5.41) is 0. The molecule has 1 aromatic rings. The van der Waals surface area contributed by atoms with Crippen LogP contribution in [0.5, 0.6) is 11.5 Å². The van der Waals surface area contributed by atoms with Crippen LogP contribution in [-0.4, -0.2) is 69.4 Å². The van der Waals surface area contributed by atoms with Gasteiger partial charge in [-0.2, -0.15) is 0 Å². The Bertz CT molecular complexity index is 665. The fraction of sp³-hybridized carbons (Fsp3) is 0.632. The minimum Gasteiger partial charge on any atom is -0.454 e. The predicted octanol–water partition coefficient (Wildman–Crippen LogP) is 1.38. The number of hydrogen-bond donors (Lipinski definition) is 0. The van der Waals surface area contributed by atoms with Crippen LogP contribution in [-0.2, 0) is 16.0 Å². The molecule has 0 N–H and O–H groups in total. The van der Waals surface area contributed by atoms with Crippen molar-refractivity contribution in [3.63, 3.8) is 0 Å². The lowest BCUT2D eigenvalue weighted by Gasteiger charge is -2.30. The molecule has 2 saturated heterocycles. The summed E-state index contributed by atoms with van der Waals surface area (Å²) in [5.74, 6) is 2.20. The molecule has 0 aliphatic carbocycles. The fourth-order valence-corrected chi connectivity index (χ4v) is 4.64. The van der Waals surface area contributed by atoms with Crippen LogP contribution >= 0.6 is 0 Å². The van der Waals surface area contributed by atoms with E-state index in [1.54, 1.807) is 7.11 Å². The second-order valence-corrected chi connectivity index (χ2v) is 7.64. The van der Waals surface area contributed by atoms with Crippen LogP contribution in [0.1, 0.15) is 12.0 Å². The molecule has 1 spiro atoms. The summed E-state index contributed by atoms with van der Waals surface area (Å²) >= 11 is 0. The van der Waals surface area contributed by atoms with Crippen LogP contribution in [0.3, 0.4) is 0 Å². The molecule has 25 heavy (non-hydrogen) atoms. The summed E-state index contributed by atoms with van der Waals surface area (Å²) in [5.41, 5.74) is 1.17. The monoisotopic (exact) mass is 346 g/mol. The van der Waals surface area contributed by atoms with E-state index in [1.807, 2.05) is 23.1 Å². The topological polar surface area (TPSA) is 51.2 Å². The molecular formula is C19H26N2O4. The summed E-state index contributed by atoms with van der Waals surface area (Å²) in [4.78, 5) is 17.2. The molecular weight excluding hydrogens is 320 g/mol. The van der Waals surface area contributed by atoms with Gasteiger partial charge in [-0.1, -0.05) is 6.07 Å². The van der Waals surface area contributed by atoms with E-state index in [-0.39, 0.29) is 18.1 Å². The second-order valence-electron chi connectivity index (χ2n) is 7.64. The van der Waals surface area contributed by atoms with E-state index in [0.717, 1.165) is 56.3 Å². The van der Waals surface area contributed by atoms with Crippen molar-refractivity contribution in [2.24, 2.45) is 11.3 Å². The number of likely N-dealkylation sites (tertiary alicyclic amines) is 2. The van der Waals surface area contributed by atoms with Crippen molar-refractivity contribution >= 4 is 5.91 Å².